The van der Waals surface area contributed by atoms with E-state index in [-0.39, 0.29) is 0 Å². The summed E-state index contributed by atoms with van der Waals surface area (Å²) in [7, 11) is 0. The van der Waals surface area contributed by atoms with Gasteiger partial charge in [0.2, 0.25) is 0 Å². The van der Waals surface area contributed by atoms with Gasteiger partial charge in [-0.25, -0.2) is 0 Å². The van der Waals surface area contributed by atoms with Gasteiger partial charge in [-0.1, -0.05) is 97.3 Å². The minimum absolute atomic E-state index is 0.716. The molecule has 0 aliphatic heterocycles. The third-order valence-electron chi connectivity index (χ3n) is 5.74. The van der Waals surface area contributed by atoms with E-state index in [1.54, 1.807) is 0 Å². The van der Waals surface area contributed by atoms with Crippen LogP contribution in [0, 0.1) is 17.8 Å². The molecule has 0 aliphatic carbocycles. The second kappa shape index (κ2) is 14.2. The van der Waals surface area contributed by atoms with Crippen molar-refractivity contribution in [3.8, 4) is 5.75 Å². The van der Waals surface area contributed by atoms with Crippen LogP contribution in [0.1, 0.15) is 91.9 Å². The molecule has 0 spiro atoms. The van der Waals surface area contributed by atoms with Crippen LogP contribution in [0.25, 0.3) is 0 Å². The van der Waals surface area contributed by atoms with Gasteiger partial charge in [-0.05, 0) is 42.7 Å². The van der Waals surface area contributed by atoms with Crippen LogP contribution in [-0.4, -0.2) is 6.61 Å². The average molecular weight is 347 g/mol. The van der Waals surface area contributed by atoms with Crippen LogP contribution in [0.15, 0.2) is 30.3 Å². The predicted molar refractivity (Wildman–Crippen MR) is 111 cm³/mol. The molecule has 1 nitrogen and oxygen atoms in total. The van der Waals surface area contributed by atoms with Gasteiger partial charge in [-0.15, -0.1) is 0 Å². The van der Waals surface area contributed by atoms with Crippen molar-refractivity contribution in [1.29, 1.82) is 0 Å². The van der Waals surface area contributed by atoms with Gasteiger partial charge in [0.15, 0.2) is 0 Å². The Balaban J connectivity index is 2.30. The summed E-state index contributed by atoms with van der Waals surface area (Å²) < 4.78 is 6.06. The summed E-state index contributed by atoms with van der Waals surface area (Å²) in [6.45, 7) is 10.3. The van der Waals surface area contributed by atoms with Crippen molar-refractivity contribution in [3.05, 3.63) is 30.3 Å². The normalized spacial score (nSPS) is 14.9. The second-order valence-corrected chi connectivity index (χ2v) is 8.09. The Labute approximate surface area is 157 Å². The van der Waals surface area contributed by atoms with Crippen LogP contribution >= 0.6 is 0 Å². The molecule has 3 atom stereocenters. The maximum absolute atomic E-state index is 6.06. The molecule has 0 fully saturated rings. The SMILES string of the molecule is CCC(C)CCCCCC(CCCC(C)CC)COc1ccccc1. The van der Waals surface area contributed by atoms with Gasteiger partial charge in [0.25, 0.3) is 0 Å². The van der Waals surface area contributed by atoms with Gasteiger partial charge in [-0.2, -0.15) is 0 Å². The summed E-state index contributed by atoms with van der Waals surface area (Å²) in [4.78, 5) is 0. The molecule has 0 heterocycles. The molecule has 0 bridgehead atoms. The monoisotopic (exact) mass is 346 g/mol. The minimum Gasteiger partial charge on any atom is -0.493 e. The van der Waals surface area contributed by atoms with E-state index >= 15 is 0 Å². The third-order valence-corrected chi connectivity index (χ3v) is 5.74. The first kappa shape index (κ1) is 22.1. The first-order valence-corrected chi connectivity index (χ1v) is 10.8. The molecule has 25 heavy (non-hydrogen) atoms. The van der Waals surface area contributed by atoms with Crippen molar-refractivity contribution < 1.29 is 4.74 Å². The van der Waals surface area contributed by atoms with Crippen molar-refractivity contribution in [1.82, 2.24) is 0 Å². The summed E-state index contributed by atoms with van der Waals surface area (Å²) in [5, 5.41) is 0. The fraction of sp³-hybridized carbons (Fsp3) is 0.750. The minimum atomic E-state index is 0.716. The Bertz CT molecular complexity index is 400. The zero-order valence-corrected chi connectivity index (χ0v) is 17.3. The number of hydrogen-bond acceptors (Lipinski definition) is 1. The molecule has 0 saturated heterocycles. The van der Waals surface area contributed by atoms with Gasteiger partial charge >= 0.3 is 0 Å². The van der Waals surface area contributed by atoms with Gasteiger partial charge in [0, 0.05) is 0 Å². The van der Waals surface area contributed by atoms with Crippen molar-refractivity contribution in [2.75, 3.05) is 6.61 Å². The molecule has 3 unspecified atom stereocenters. The summed E-state index contributed by atoms with van der Waals surface area (Å²) >= 11 is 0. The van der Waals surface area contributed by atoms with E-state index in [1.165, 1.54) is 64.2 Å². The number of para-hydroxylation sites is 1. The van der Waals surface area contributed by atoms with Gasteiger partial charge in [-0.3, -0.25) is 0 Å². The highest BCUT2D eigenvalue weighted by Crippen LogP contribution is 2.22. The number of unbranched alkanes of at least 4 members (excludes halogenated alkanes) is 2. The number of hydrogen-bond donors (Lipinski definition) is 0. The Hall–Kier alpha value is -0.980. The topological polar surface area (TPSA) is 9.23 Å². The quantitative estimate of drug-likeness (QED) is 0.293. The van der Waals surface area contributed by atoms with Crippen molar-refractivity contribution in [2.45, 2.75) is 91.9 Å². The van der Waals surface area contributed by atoms with E-state index in [0.29, 0.717) is 5.92 Å². The van der Waals surface area contributed by atoms with Crippen LogP contribution in [0.3, 0.4) is 0 Å². The predicted octanol–water partition coefficient (Wildman–Crippen LogP) is 7.89. The molecule has 1 aromatic carbocycles. The average Bonchev–Trinajstić information content (AvgIpc) is 2.65. The molecule has 1 rings (SSSR count). The molecular weight excluding hydrogens is 304 g/mol. The fourth-order valence-electron chi connectivity index (χ4n) is 3.31. The van der Waals surface area contributed by atoms with E-state index in [4.69, 9.17) is 4.74 Å². The van der Waals surface area contributed by atoms with Crippen LogP contribution in [-0.2, 0) is 0 Å². The lowest BCUT2D eigenvalue weighted by atomic mass is 9.92. The highest BCUT2D eigenvalue weighted by molar-refractivity contribution is 5.20. The zero-order valence-electron chi connectivity index (χ0n) is 17.3. The highest BCUT2D eigenvalue weighted by atomic mass is 16.5. The lowest BCUT2D eigenvalue weighted by Gasteiger charge is -2.19. The van der Waals surface area contributed by atoms with E-state index in [9.17, 15) is 0 Å². The van der Waals surface area contributed by atoms with Crippen LogP contribution < -0.4 is 4.74 Å². The Kier molecular flexibility index (Phi) is 12.5. The summed E-state index contributed by atoms with van der Waals surface area (Å²) in [6.07, 6.45) is 13.5. The van der Waals surface area contributed by atoms with Crippen LogP contribution in [0.2, 0.25) is 0 Å². The van der Waals surface area contributed by atoms with E-state index in [1.807, 2.05) is 6.07 Å². The summed E-state index contributed by atoms with van der Waals surface area (Å²) in [6, 6.07) is 10.3. The standard InChI is InChI=1S/C24H42O/c1-5-21(3)14-9-7-10-16-23(17-13-15-22(4)6-2)20-25-24-18-11-8-12-19-24/h8,11-12,18-19,21-23H,5-7,9-10,13-17,20H2,1-4H3. The van der Waals surface area contributed by atoms with Crippen molar-refractivity contribution in [2.24, 2.45) is 17.8 Å². The van der Waals surface area contributed by atoms with Crippen molar-refractivity contribution >= 4 is 0 Å². The molecule has 0 amide bonds. The van der Waals surface area contributed by atoms with Crippen molar-refractivity contribution in [3.63, 3.8) is 0 Å². The number of benzene rings is 1. The second-order valence-electron chi connectivity index (χ2n) is 8.09. The molecule has 144 valence electrons. The van der Waals surface area contributed by atoms with E-state index in [0.717, 1.165) is 24.2 Å². The van der Waals surface area contributed by atoms with E-state index in [2.05, 4.69) is 52.0 Å². The summed E-state index contributed by atoms with van der Waals surface area (Å²) in [5.41, 5.74) is 0. The smallest absolute Gasteiger partial charge is 0.119 e. The Morgan fingerprint density at radius 2 is 1.28 bits per heavy atom. The molecule has 0 radical (unpaired) electrons. The van der Waals surface area contributed by atoms with Gasteiger partial charge in [0.1, 0.15) is 5.75 Å². The Morgan fingerprint density at radius 1 is 0.720 bits per heavy atom. The zero-order chi connectivity index (χ0) is 18.3. The number of rotatable bonds is 15. The largest absolute Gasteiger partial charge is 0.493 e. The first-order chi connectivity index (χ1) is 12.2. The highest BCUT2D eigenvalue weighted by Gasteiger charge is 2.11. The maximum Gasteiger partial charge on any atom is 0.119 e. The molecule has 1 heteroatoms. The molecule has 1 aromatic rings. The molecular formula is C24H42O. The third kappa shape index (κ3) is 11.3. The maximum atomic E-state index is 6.06. The van der Waals surface area contributed by atoms with Gasteiger partial charge in [0.05, 0.1) is 6.61 Å². The Morgan fingerprint density at radius 3 is 1.92 bits per heavy atom. The van der Waals surface area contributed by atoms with Crippen LogP contribution in [0.4, 0.5) is 0 Å². The van der Waals surface area contributed by atoms with Crippen LogP contribution in [0.5, 0.6) is 5.75 Å². The molecule has 0 aromatic heterocycles. The van der Waals surface area contributed by atoms with Gasteiger partial charge < -0.3 is 4.74 Å². The number of ether oxygens (including phenoxy) is 1. The first-order valence-electron chi connectivity index (χ1n) is 10.8. The summed E-state index contributed by atoms with van der Waals surface area (Å²) in [5.74, 6) is 3.50. The fourth-order valence-corrected chi connectivity index (χ4v) is 3.31. The lowest BCUT2D eigenvalue weighted by Crippen LogP contribution is -2.13. The van der Waals surface area contributed by atoms with E-state index < -0.39 is 0 Å². The molecule has 0 aliphatic rings. The lowest BCUT2D eigenvalue weighted by molar-refractivity contribution is 0.222. The molecule has 0 saturated carbocycles. The molecule has 0 N–H and O–H groups in total.